The first-order chi connectivity index (χ1) is 11.0. The number of rotatable bonds is 3. The van der Waals surface area contributed by atoms with Gasteiger partial charge in [0.25, 0.3) is 5.56 Å². The van der Waals surface area contributed by atoms with Crippen LogP contribution in [0.2, 0.25) is 0 Å². The Morgan fingerprint density at radius 1 is 1.13 bits per heavy atom. The van der Waals surface area contributed by atoms with Crippen LogP contribution in [-0.2, 0) is 11.2 Å². The van der Waals surface area contributed by atoms with Crippen molar-refractivity contribution in [3.05, 3.63) is 45.2 Å². The molecular weight excluding hydrogens is 288 g/mol. The number of piperidine rings is 1. The highest BCUT2D eigenvalue weighted by Crippen LogP contribution is 2.19. The van der Waals surface area contributed by atoms with Crippen LogP contribution in [0.5, 0.6) is 0 Å². The fourth-order valence-corrected chi connectivity index (χ4v) is 3.44. The topological polar surface area (TPSA) is 53.2 Å². The minimum atomic E-state index is -0.0751. The van der Waals surface area contributed by atoms with E-state index in [1.807, 2.05) is 24.0 Å². The number of aromatic nitrogens is 1. The highest BCUT2D eigenvalue weighted by Gasteiger charge is 2.17. The maximum absolute atomic E-state index is 12.3. The van der Waals surface area contributed by atoms with Gasteiger partial charge in [-0.1, -0.05) is 6.07 Å². The first-order valence-electron chi connectivity index (χ1n) is 8.45. The summed E-state index contributed by atoms with van der Waals surface area (Å²) >= 11 is 0. The molecule has 1 aromatic heterocycles. The Kier molecular flexibility index (Phi) is 4.51. The molecular formula is C19H24N2O2. The molecule has 0 bridgehead atoms. The van der Waals surface area contributed by atoms with Crippen molar-refractivity contribution in [3.63, 3.8) is 0 Å². The number of pyridine rings is 1. The van der Waals surface area contributed by atoms with Gasteiger partial charge in [0, 0.05) is 36.0 Å². The first-order valence-corrected chi connectivity index (χ1v) is 8.45. The van der Waals surface area contributed by atoms with Crippen molar-refractivity contribution in [2.45, 2.75) is 46.0 Å². The normalized spacial score (nSPS) is 15.1. The van der Waals surface area contributed by atoms with E-state index in [0.717, 1.165) is 48.0 Å². The zero-order valence-electron chi connectivity index (χ0n) is 13.9. The Morgan fingerprint density at radius 2 is 1.87 bits per heavy atom. The molecule has 4 heteroatoms. The molecule has 4 nitrogen and oxygen atoms in total. The lowest BCUT2D eigenvalue weighted by molar-refractivity contribution is -0.132. The molecule has 0 spiro atoms. The molecule has 3 rings (SSSR count). The molecule has 2 aromatic rings. The molecule has 1 aliphatic heterocycles. The van der Waals surface area contributed by atoms with Crippen molar-refractivity contribution < 1.29 is 4.79 Å². The highest BCUT2D eigenvalue weighted by molar-refractivity contribution is 5.83. The number of carbonyl (C=O) groups excluding carboxylic acids is 1. The summed E-state index contributed by atoms with van der Waals surface area (Å²) in [6.45, 7) is 5.81. The summed E-state index contributed by atoms with van der Waals surface area (Å²) in [5.74, 6) is 0.171. The van der Waals surface area contributed by atoms with E-state index in [-0.39, 0.29) is 11.5 Å². The number of aryl methyl sites for hydroxylation is 3. The van der Waals surface area contributed by atoms with E-state index in [9.17, 15) is 9.59 Å². The van der Waals surface area contributed by atoms with Gasteiger partial charge in [-0.15, -0.1) is 0 Å². The summed E-state index contributed by atoms with van der Waals surface area (Å²) < 4.78 is 0. The van der Waals surface area contributed by atoms with Gasteiger partial charge in [-0.3, -0.25) is 9.59 Å². The molecule has 1 aromatic carbocycles. The summed E-state index contributed by atoms with van der Waals surface area (Å²) in [4.78, 5) is 29.4. The number of aromatic amines is 1. The zero-order chi connectivity index (χ0) is 16.4. The summed E-state index contributed by atoms with van der Waals surface area (Å²) in [5, 5.41) is 1.07. The smallest absolute Gasteiger partial charge is 0.251 e. The molecule has 1 fully saturated rings. The number of benzene rings is 1. The van der Waals surface area contributed by atoms with Gasteiger partial charge in [0.15, 0.2) is 0 Å². The molecule has 1 N–H and O–H groups in total. The van der Waals surface area contributed by atoms with E-state index in [0.29, 0.717) is 18.4 Å². The lowest BCUT2D eigenvalue weighted by Crippen LogP contribution is -2.35. The molecule has 1 amide bonds. The molecule has 23 heavy (non-hydrogen) atoms. The number of nitrogens with one attached hydrogen (secondary N) is 1. The zero-order valence-corrected chi connectivity index (χ0v) is 13.9. The van der Waals surface area contributed by atoms with Gasteiger partial charge in [-0.25, -0.2) is 0 Å². The molecule has 2 heterocycles. The van der Waals surface area contributed by atoms with Gasteiger partial charge in [-0.2, -0.15) is 0 Å². The van der Waals surface area contributed by atoms with Gasteiger partial charge >= 0.3 is 0 Å². The molecule has 0 atom stereocenters. The number of nitrogens with zero attached hydrogens (tertiary/aromatic N) is 1. The van der Waals surface area contributed by atoms with E-state index in [4.69, 9.17) is 0 Å². The second-order valence-corrected chi connectivity index (χ2v) is 6.61. The lowest BCUT2D eigenvalue weighted by Gasteiger charge is -2.26. The maximum Gasteiger partial charge on any atom is 0.251 e. The standard InChI is InChI=1S/C19H24N2O2/c1-13-10-14(2)16-12-15(19(23)20-17(16)11-13)6-7-18(22)21-8-4-3-5-9-21/h10-12H,3-9H2,1-2H3,(H,20,23). The first kappa shape index (κ1) is 15.8. The van der Waals surface area contributed by atoms with Gasteiger partial charge in [0.05, 0.1) is 0 Å². The fraction of sp³-hybridized carbons (Fsp3) is 0.474. The van der Waals surface area contributed by atoms with Gasteiger partial charge in [-0.05, 0) is 62.8 Å². The third-order valence-electron chi connectivity index (χ3n) is 4.71. The predicted molar refractivity (Wildman–Crippen MR) is 92.8 cm³/mol. The predicted octanol–water partition coefficient (Wildman–Crippen LogP) is 3.09. The number of hydrogen-bond acceptors (Lipinski definition) is 2. The van der Waals surface area contributed by atoms with Crippen molar-refractivity contribution in [3.8, 4) is 0 Å². The van der Waals surface area contributed by atoms with Crippen LogP contribution < -0.4 is 5.56 Å². The number of H-pyrrole nitrogens is 1. The second-order valence-electron chi connectivity index (χ2n) is 6.61. The third kappa shape index (κ3) is 3.46. The van der Waals surface area contributed by atoms with Gasteiger partial charge in [0.2, 0.25) is 5.91 Å². The molecule has 1 aliphatic rings. The van der Waals surface area contributed by atoms with E-state index in [1.165, 1.54) is 6.42 Å². The lowest BCUT2D eigenvalue weighted by atomic mass is 10.0. The number of carbonyl (C=O) groups is 1. The minimum Gasteiger partial charge on any atom is -0.343 e. The Morgan fingerprint density at radius 3 is 2.61 bits per heavy atom. The SMILES string of the molecule is Cc1cc(C)c2cc(CCC(=O)N3CCCCC3)c(=O)[nH]c2c1. The van der Waals surface area contributed by atoms with Gasteiger partial charge < -0.3 is 9.88 Å². The summed E-state index contributed by atoms with van der Waals surface area (Å²) in [7, 11) is 0. The molecule has 0 radical (unpaired) electrons. The van der Waals surface area contributed by atoms with Crippen LogP contribution in [0.4, 0.5) is 0 Å². The largest absolute Gasteiger partial charge is 0.343 e. The van der Waals surface area contributed by atoms with Crippen LogP contribution in [0, 0.1) is 13.8 Å². The maximum atomic E-state index is 12.3. The molecule has 0 saturated carbocycles. The molecule has 1 saturated heterocycles. The Balaban J connectivity index is 1.78. The summed E-state index contributed by atoms with van der Waals surface area (Å²) in [6, 6.07) is 6.06. The van der Waals surface area contributed by atoms with Crippen molar-refractivity contribution in [1.82, 2.24) is 9.88 Å². The fourth-order valence-electron chi connectivity index (χ4n) is 3.44. The van der Waals surface area contributed by atoms with E-state index >= 15 is 0 Å². The van der Waals surface area contributed by atoms with E-state index in [1.54, 1.807) is 0 Å². The van der Waals surface area contributed by atoms with Crippen LogP contribution >= 0.6 is 0 Å². The second kappa shape index (κ2) is 6.57. The molecule has 122 valence electrons. The van der Waals surface area contributed by atoms with Crippen LogP contribution in [0.25, 0.3) is 10.9 Å². The van der Waals surface area contributed by atoms with E-state index < -0.39 is 0 Å². The summed E-state index contributed by atoms with van der Waals surface area (Å²) in [6.07, 6.45) is 4.34. The highest BCUT2D eigenvalue weighted by atomic mass is 16.2. The van der Waals surface area contributed by atoms with Crippen LogP contribution in [0.1, 0.15) is 42.4 Å². The van der Waals surface area contributed by atoms with Crippen molar-refractivity contribution in [1.29, 1.82) is 0 Å². The minimum absolute atomic E-state index is 0.0751. The van der Waals surface area contributed by atoms with Crippen LogP contribution in [-0.4, -0.2) is 28.9 Å². The quantitative estimate of drug-likeness (QED) is 0.947. The third-order valence-corrected chi connectivity index (χ3v) is 4.71. The van der Waals surface area contributed by atoms with Crippen molar-refractivity contribution in [2.24, 2.45) is 0 Å². The van der Waals surface area contributed by atoms with Crippen molar-refractivity contribution in [2.75, 3.05) is 13.1 Å². The average Bonchev–Trinajstić information content (AvgIpc) is 2.53. The Labute approximate surface area is 136 Å². The van der Waals surface area contributed by atoms with Crippen LogP contribution in [0.15, 0.2) is 23.0 Å². The number of hydrogen-bond donors (Lipinski definition) is 1. The molecule has 0 aliphatic carbocycles. The number of likely N-dealkylation sites (tertiary alicyclic amines) is 1. The number of amides is 1. The Bertz CT molecular complexity index is 786. The van der Waals surface area contributed by atoms with Crippen LogP contribution in [0.3, 0.4) is 0 Å². The number of fused-ring (bicyclic) bond motifs is 1. The monoisotopic (exact) mass is 312 g/mol. The Hall–Kier alpha value is -2.10. The summed E-state index contributed by atoms with van der Waals surface area (Å²) in [5.41, 5.74) is 3.79. The molecule has 0 unspecified atom stereocenters. The average molecular weight is 312 g/mol. The van der Waals surface area contributed by atoms with Crippen molar-refractivity contribution >= 4 is 16.8 Å². The van der Waals surface area contributed by atoms with Gasteiger partial charge in [0.1, 0.15) is 0 Å². The van der Waals surface area contributed by atoms with E-state index in [2.05, 4.69) is 18.0 Å².